The predicted molar refractivity (Wildman–Crippen MR) is 77.1 cm³/mol. The van der Waals surface area contributed by atoms with E-state index in [1.807, 2.05) is 11.3 Å². The van der Waals surface area contributed by atoms with Crippen molar-refractivity contribution in [1.82, 2.24) is 10.3 Å². The minimum Gasteiger partial charge on any atom is -0.306 e. The first-order valence-electron chi connectivity index (χ1n) is 7.47. The summed E-state index contributed by atoms with van der Waals surface area (Å²) in [7, 11) is 0. The second-order valence-electron chi connectivity index (χ2n) is 6.06. The molecule has 0 radical (unpaired) electrons. The van der Waals surface area contributed by atoms with Gasteiger partial charge in [-0.1, -0.05) is 26.7 Å². The zero-order valence-electron chi connectivity index (χ0n) is 11.6. The van der Waals surface area contributed by atoms with Crippen LogP contribution in [0.25, 0.3) is 0 Å². The van der Waals surface area contributed by atoms with E-state index in [4.69, 9.17) is 4.98 Å². The van der Waals surface area contributed by atoms with E-state index in [0.717, 1.165) is 12.5 Å². The summed E-state index contributed by atoms with van der Waals surface area (Å²) in [5.41, 5.74) is 1.60. The Bertz CT molecular complexity index is 401. The van der Waals surface area contributed by atoms with Crippen molar-refractivity contribution in [2.24, 2.45) is 5.92 Å². The molecule has 2 nitrogen and oxygen atoms in total. The van der Waals surface area contributed by atoms with Crippen LogP contribution in [0, 0.1) is 5.92 Å². The maximum absolute atomic E-state index is 5.00. The van der Waals surface area contributed by atoms with Crippen LogP contribution in [-0.4, -0.2) is 11.5 Å². The van der Waals surface area contributed by atoms with Crippen LogP contribution in [0.15, 0.2) is 0 Å². The number of aromatic nitrogens is 1. The third kappa shape index (κ3) is 2.12. The Kier molecular flexibility index (Phi) is 3.46. The van der Waals surface area contributed by atoms with Gasteiger partial charge in [-0.2, -0.15) is 0 Å². The van der Waals surface area contributed by atoms with Crippen LogP contribution < -0.4 is 5.32 Å². The first-order chi connectivity index (χ1) is 8.73. The van der Waals surface area contributed by atoms with E-state index in [-0.39, 0.29) is 5.54 Å². The zero-order chi connectivity index (χ0) is 12.6. The number of nitrogens with one attached hydrogen (secondary N) is 1. The van der Waals surface area contributed by atoms with Crippen LogP contribution in [0.4, 0.5) is 0 Å². The highest BCUT2D eigenvalue weighted by molar-refractivity contribution is 7.12. The smallest absolute Gasteiger partial charge is 0.113 e. The minimum atomic E-state index is 0.196. The lowest BCUT2D eigenvalue weighted by Crippen LogP contribution is -2.45. The average molecular weight is 264 g/mol. The summed E-state index contributed by atoms with van der Waals surface area (Å²) >= 11 is 2.00. The van der Waals surface area contributed by atoms with Gasteiger partial charge in [-0.05, 0) is 44.6 Å². The molecule has 2 atom stereocenters. The molecule has 1 saturated carbocycles. The van der Waals surface area contributed by atoms with Gasteiger partial charge in [0.2, 0.25) is 0 Å². The molecule has 0 aromatic carbocycles. The molecule has 0 spiro atoms. The molecule has 1 N–H and O–H groups in total. The van der Waals surface area contributed by atoms with E-state index < -0.39 is 0 Å². The van der Waals surface area contributed by atoms with Gasteiger partial charge in [-0.25, -0.2) is 4.98 Å². The summed E-state index contributed by atoms with van der Waals surface area (Å²) in [6.45, 7) is 5.67. The highest BCUT2D eigenvalue weighted by atomic mass is 32.1. The van der Waals surface area contributed by atoms with Gasteiger partial charge in [-0.15, -0.1) is 11.3 Å². The molecule has 0 amide bonds. The Morgan fingerprint density at radius 2 is 2.28 bits per heavy atom. The standard InChI is InChI=1S/C15H24N2S/c1-3-16-15(9-5-6-11(2)10-15)14-17-12-7-4-8-13(12)18-14/h11,16H,3-10H2,1-2H3. The molecule has 2 aliphatic rings. The average Bonchev–Trinajstić information content (AvgIpc) is 2.89. The van der Waals surface area contributed by atoms with Crippen molar-refractivity contribution < 1.29 is 0 Å². The summed E-state index contributed by atoms with van der Waals surface area (Å²) in [6.07, 6.45) is 9.08. The molecule has 0 aliphatic heterocycles. The van der Waals surface area contributed by atoms with Gasteiger partial charge in [0.05, 0.1) is 11.2 Å². The van der Waals surface area contributed by atoms with Crippen molar-refractivity contribution >= 4 is 11.3 Å². The Hall–Kier alpha value is -0.410. The molecule has 3 heteroatoms. The fraction of sp³-hybridized carbons (Fsp3) is 0.800. The Morgan fingerprint density at radius 3 is 3.00 bits per heavy atom. The van der Waals surface area contributed by atoms with Gasteiger partial charge in [0.1, 0.15) is 5.01 Å². The number of hydrogen-bond acceptors (Lipinski definition) is 3. The SMILES string of the molecule is CCNC1(c2nc3c(s2)CCC3)CCCC(C)C1. The summed E-state index contributed by atoms with van der Waals surface area (Å²) < 4.78 is 0. The molecule has 100 valence electrons. The van der Waals surface area contributed by atoms with Crippen LogP contribution in [0.2, 0.25) is 0 Å². The lowest BCUT2D eigenvalue weighted by Gasteiger charge is -2.39. The molecular formula is C15H24N2S. The van der Waals surface area contributed by atoms with Crippen molar-refractivity contribution in [2.45, 2.75) is 64.3 Å². The molecule has 1 aromatic rings. The zero-order valence-corrected chi connectivity index (χ0v) is 12.4. The highest BCUT2D eigenvalue weighted by Crippen LogP contribution is 2.43. The quantitative estimate of drug-likeness (QED) is 0.901. The summed E-state index contributed by atoms with van der Waals surface area (Å²) in [5.74, 6) is 0.830. The monoisotopic (exact) mass is 264 g/mol. The van der Waals surface area contributed by atoms with Gasteiger partial charge in [0.25, 0.3) is 0 Å². The van der Waals surface area contributed by atoms with Crippen LogP contribution >= 0.6 is 11.3 Å². The maximum Gasteiger partial charge on any atom is 0.113 e. The Morgan fingerprint density at radius 1 is 1.39 bits per heavy atom. The van der Waals surface area contributed by atoms with E-state index in [2.05, 4.69) is 19.2 Å². The largest absolute Gasteiger partial charge is 0.306 e. The van der Waals surface area contributed by atoms with Gasteiger partial charge in [-0.3, -0.25) is 0 Å². The topological polar surface area (TPSA) is 24.9 Å². The number of thiazole rings is 1. The van der Waals surface area contributed by atoms with Crippen LogP contribution in [0.3, 0.4) is 0 Å². The first kappa shape index (κ1) is 12.6. The maximum atomic E-state index is 5.00. The third-order valence-corrected chi connectivity index (χ3v) is 5.88. The fourth-order valence-electron chi connectivity index (χ4n) is 3.72. The second kappa shape index (κ2) is 4.93. The third-order valence-electron chi connectivity index (χ3n) is 4.52. The number of aryl methyl sites for hydroxylation is 2. The van der Waals surface area contributed by atoms with Gasteiger partial charge >= 0.3 is 0 Å². The normalized spacial score (nSPS) is 31.6. The predicted octanol–water partition coefficient (Wildman–Crippen LogP) is 3.65. The van der Waals surface area contributed by atoms with E-state index in [1.54, 1.807) is 4.88 Å². The first-order valence-corrected chi connectivity index (χ1v) is 8.29. The van der Waals surface area contributed by atoms with Crippen molar-refractivity contribution in [3.8, 4) is 0 Å². The Labute approximate surface area is 114 Å². The highest BCUT2D eigenvalue weighted by Gasteiger charge is 2.39. The fourth-order valence-corrected chi connectivity index (χ4v) is 5.07. The van der Waals surface area contributed by atoms with Crippen molar-refractivity contribution in [3.63, 3.8) is 0 Å². The summed E-state index contributed by atoms with van der Waals surface area (Å²) in [5, 5.41) is 5.17. The van der Waals surface area contributed by atoms with Crippen LogP contribution in [-0.2, 0) is 18.4 Å². The lowest BCUT2D eigenvalue weighted by molar-refractivity contribution is 0.190. The van der Waals surface area contributed by atoms with Crippen molar-refractivity contribution in [2.75, 3.05) is 6.54 Å². The molecule has 18 heavy (non-hydrogen) atoms. The van der Waals surface area contributed by atoms with E-state index in [0.29, 0.717) is 0 Å². The van der Waals surface area contributed by atoms with Crippen LogP contribution in [0.1, 0.15) is 61.5 Å². The van der Waals surface area contributed by atoms with Gasteiger partial charge in [0.15, 0.2) is 0 Å². The van der Waals surface area contributed by atoms with E-state index in [1.165, 1.54) is 55.6 Å². The molecule has 1 fully saturated rings. The lowest BCUT2D eigenvalue weighted by atomic mass is 9.76. The summed E-state index contributed by atoms with van der Waals surface area (Å²) in [6, 6.07) is 0. The van der Waals surface area contributed by atoms with Crippen LogP contribution in [0.5, 0.6) is 0 Å². The number of rotatable bonds is 3. The van der Waals surface area contributed by atoms with Gasteiger partial charge in [0, 0.05) is 4.88 Å². The molecule has 0 saturated heterocycles. The molecule has 1 aromatic heterocycles. The molecule has 2 aliphatic carbocycles. The molecule has 0 bridgehead atoms. The van der Waals surface area contributed by atoms with Gasteiger partial charge < -0.3 is 5.32 Å². The summed E-state index contributed by atoms with van der Waals surface area (Å²) in [4.78, 5) is 6.57. The van der Waals surface area contributed by atoms with Crippen molar-refractivity contribution in [3.05, 3.63) is 15.6 Å². The van der Waals surface area contributed by atoms with E-state index >= 15 is 0 Å². The second-order valence-corrected chi connectivity index (χ2v) is 7.14. The Balaban J connectivity index is 1.92. The number of hydrogen-bond donors (Lipinski definition) is 1. The van der Waals surface area contributed by atoms with Crippen molar-refractivity contribution in [1.29, 1.82) is 0 Å². The molecular weight excluding hydrogens is 240 g/mol. The van der Waals surface area contributed by atoms with E-state index in [9.17, 15) is 0 Å². The number of fused-ring (bicyclic) bond motifs is 1. The molecule has 2 unspecified atom stereocenters. The molecule has 3 rings (SSSR count). The number of nitrogens with zero attached hydrogens (tertiary/aromatic N) is 1. The molecule has 1 heterocycles. The minimum absolute atomic E-state index is 0.196.